The lowest BCUT2D eigenvalue weighted by molar-refractivity contribution is 0.154. The van der Waals surface area contributed by atoms with E-state index in [0.29, 0.717) is 12.6 Å². The van der Waals surface area contributed by atoms with Gasteiger partial charge < -0.3 is 15.0 Å². The van der Waals surface area contributed by atoms with Crippen molar-refractivity contribution in [3.05, 3.63) is 24.3 Å². The molecule has 0 unspecified atom stereocenters. The Hall–Kier alpha value is -1.88. The van der Waals surface area contributed by atoms with E-state index in [9.17, 15) is 0 Å². The van der Waals surface area contributed by atoms with Crippen molar-refractivity contribution in [1.82, 2.24) is 9.97 Å². The molecule has 0 bridgehead atoms. The molecular formula is C14H20N4O. The van der Waals surface area contributed by atoms with E-state index in [1.807, 2.05) is 45.3 Å². The second kappa shape index (κ2) is 6.33. The average Bonchev–Trinajstić information content (AvgIpc) is 2.46. The summed E-state index contributed by atoms with van der Waals surface area (Å²) in [5.41, 5.74) is 0.945. The van der Waals surface area contributed by atoms with Crippen LogP contribution in [0.2, 0.25) is 0 Å². The van der Waals surface area contributed by atoms with E-state index in [-0.39, 0.29) is 0 Å². The number of ether oxygens (including phenoxy) is 1. The zero-order valence-corrected chi connectivity index (χ0v) is 11.7. The number of nitrogens with one attached hydrogen (secondary N) is 1. The molecule has 0 spiro atoms. The van der Waals surface area contributed by atoms with Gasteiger partial charge in [0, 0.05) is 32.6 Å². The molecule has 2 rings (SSSR count). The normalized spacial score (nSPS) is 10.7. The Labute approximate surface area is 113 Å². The van der Waals surface area contributed by atoms with E-state index in [2.05, 4.69) is 20.2 Å². The number of fused-ring (bicyclic) bond motifs is 1. The fourth-order valence-electron chi connectivity index (χ4n) is 1.91. The fourth-order valence-corrected chi connectivity index (χ4v) is 1.91. The molecule has 0 atom stereocenters. The summed E-state index contributed by atoms with van der Waals surface area (Å²) >= 11 is 0. The summed E-state index contributed by atoms with van der Waals surface area (Å²) in [6, 6.07) is 8.03. The predicted octanol–water partition coefficient (Wildman–Crippen LogP) is 2.14. The van der Waals surface area contributed by atoms with Crippen LogP contribution in [0.15, 0.2) is 24.3 Å². The highest BCUT2D eigenvalue weighted by Crippen LogP contribution is 2.24. The maximum absolute atomic E-state index is 5.39. The Balaban J connectivity index is 2.34. The zero-order valence-electron chi connectivity index (χ0n) is 11.7. The van der Waals surface area contributed by atoms with Crippen molar-refractivity contribution >= 4 is 22.7 Å². The van der Waals surface area contributed by atoms with Gasteiger partial charge in [-0.05, 0) is 19.1 Å². The van der Waals surface area contributed by atoms with E-state index in [1.165, 1.54) is 0 Å². The molecule has 5 heteroatoms. The monoisotopic (exact) mass is 260 g/mol. The van der Waals surface area contributed by atoms with E-state index < -0.39 is 0 Å². The molecule has 5 nitrogen and oxygen atoms in total. The Morgan fingerprint density at radius 1 is 1.26 bits per heavy atom. The van der Waals surface area contributed by atoms with E-state index in [0.717, 1.165) is 29.9 Å². The van der Waals surface area contributed by atoms with E-state index >= 15 is 0 Å². The topological polar surface area (TPSA) is 50.3 Å². The van der Waals surface area contributed by atoms with Crippen molar-refractivity contribution in [2.75, 3.05) is 44.1 Å². The SMILES string of the molecule is CCOCCN(C)c1nc(NC)nc2ccccc12. The Kier molecular flexibility index (Phi) is 4.52. The summed E-state index contributed by atoms with van der Waals surface area (Å²) in [4.78, 5) is 11.1. The van der Waals surface area contributed by atoms with Gasteiger partial charge in [0.15, 0.2) is 0 Å². The lowest BCUT2D eigenvalue weighted by Crippen LogP contribution is -2.24. The van der Waals surface area contributed by atoms with Gasteiger partial charge in [-0.3, -0.25) is 0 Å². The summed E-state index contributed by atoms with van der Waals surface area (Å²) in [6.45, 7) is 4.23. The molecule has 0 fully saturated rings. The highest BCUT2D eigenvalue weighted by molar-refractivity contribution is 5.90. The molecule has 0 aliphatic heterocycles. The first-order chi connectivity index (χ1) is 9.26. The Bertz CT molecular complexity index is 544. The first kappa shape index (κ1) is 13.5. The lowest BCUT2D eigenvalue weighted by atomic mass is 10.2. The third-order valence-electron chi connectivity index (χ3n) is 2.94. The van der Waals surface area contributed by atoms with Crippen LogP contribution in [0.4, 0.5) is 11.8 Å². The van der Waals surface area contributed by atoms with Crippen LogP contribution in [0, 0.1) is 0 Å². The lowest BCUT2D eigenvalue weighted by Gasteiger charge is -2.20. The van der Waals surface area contributed by atoms with Crippen molar-refractivity contribution in [2.24, 2.45) is 0 Å². The number of nitrogens with zero attached hydrogens (tertiary/aromatic N) is 3. The van der Waals surface area contributed by atoms with Crippen molar-refractivity contribution < 1.29 is 4.74 Å². The molecule has 1 aromatic heterocycles. The predicted molar refractivity (Wildman–Crippen MR) is 78.8 cm³/mol. The fraction of sp³-hybridized carbons (Fsp3) is 0.429. The first-order valence-corrected chi connectivity index (χ1v) is 6.49. The molecule has 2 aromatic rings. The van der Waals surface area contributed by atoms with Crippen LogP contribution in [0.25, 0.3) is 10.9 Å². The molecule has 102 valence electrons. The number of anilines is 2. The first-order valence-electron chi connectivity index (χ1n) is 6.49. The minimum atomic E-state index is 0.636. The average molecular weight is 260 g/mol. The van der Waals surface area contributed by atoms with Crippen LogP contribution in [-0.2, 0) is 4.74 Å². The molecule has 1 N–H and O–H groups in total. The van der Waals surface area contributed by atoms with Crippen molar-refractivity contribution in [2.45, 2.75) is 6.92 Å². The zero-order chi connectivity index (χ0) is 13.7. The number of hydrogen-bond acceptors (Lipinski definition) is 5. The van der Waals surface area contributed by atoms with Gasteiger partial charge in [0.25, 0.3) is 0 Å². The largest absolute Gasteiger partial charge is 0.380 e. The Morgan fingerprint density at radius 3 is 2.79 bits per heavy atom. The molecular weight excluding hydrogens is 240 g/mol. The van der Waals surface area contributed by atoms with Crippen LogP contribution in [0.3, 0.4) is 0 Å². The number of benzene rings is 1. The van der Waals surface area contributed by atoms with Gasteiger partial charge in [-0.2, -0.15) is 4.98 Å². The van der Waals surface area contributed by atoms with E-state index in [4.69, 9.17) is 4.74 Å². The maximum Gasteiger partial charge on any atom is 0.224 e. The molecule has 19 heavy (non-hydrogen) atoms. The molecule has 0 aliphatic carbocycles. The maximum atomic E-state index is 5.39. The smallest absolute Gasteiger partial charge is 0.224 e. The summed E-state index contributed by atoms with van der Waals surface area (Å²) < 4.78 is 5.39. The number of likely N-dealkylation sites (N-methyl/N-ethyl adjacent to an activating group) is 1. The number of para-hydroxylation sites is 1. The van der Waals surface area contributed by atoms with E-state index in [1.54, 1.807) is 0 Å². The molecule has 0 saturated heterocycles. The molecule has 1 aromatic carbocycles. The van der Waals surface area contributed by atoms with Gasteiger partial charge in [0.2, 0.25) is 5.95 Å². The van der Waals surface area contributed by atoms with Gasteiger partial charge in [-0.15, -0.1) is 0 Å². The summed E-state index contributed by atoms with van der Waals surface area (Å²) in [5.74, 6) is 1.56. The highest BCUT2D eigenvalue weighted by Gasteiger charge is 2.10. The summed E-state index contributed by atoms with van der Waals surface area (Å²) in [5, 5.41) is 4.06. The number of rotatable bonds is 6. The number of hydrogen-bond donors (Lipinski definition) is 1. The highest BCUT2D eigenvalue weighted by atomic mass is 16.5. The molecule has 0 amide bonds. The third kappa shape index (κ3) is 3.12. The van der Waals surface area contributed by atoms with Crippen LogP contribution >= 0.6 is 0 Å². The van der Waals surface area contributed by atoms with Gasteiger partial charge in [0.1, 0.15) is 5.82 Å². The molecule has 1 heterocycles. The minimum Gasteiger partial charge on any atom is -0.380 e. The second-order valence-electron chi connectivity index (χ2n) is 4.26. The molecule has 0 saturated carbocycles. The van der Waals surface area contributed by atoms with Gasteiger partial charge >= 0.3 is 0 Å². The van der Waals surface area contributed by atoms with Gasteiger partial charge in [-0.25, -0.2) is 4.98 Å². The molecule has 0 aliphatic rings. The standard InChI is InChI=1S/C14H20N4O/c1-4-19-10-9-18(3)13-11-7-5-6-8-12(11)16-14(15-2)17-13/h5-8H,4,9-10H2,1-3H3,(H,15,16,17). The van der Waals surface area contributed by atoms with Crippen LogP contribution in [0.1, 0.15) is 6.92 Å². The second-order valence-corrected chi connectivity index (χ2v) is 4.26. The van der Waals surface area contributed by atoms with Gasteiger partial charge in [0.05, 0.1) is 12.1 Å². The Morgan fingerprint density at radius 2 is 2.05 bits per heavy atom. The minimum absolute atomic E-state index is 0.636. The van der Waals surface area contributed by atoms with Gasteiger partial charge in [-0.1, -0.05) is 12.1 Å². The van der Waals surface area contributed by atoms with Crippen molar-refractivity contribution in [3.8, 4) is 0 Å². The summed E-state index contributed by atoms with van der Waals surface area (Å²) in [6.07, 6.45) is 0. The van der Waals surface area contributed by atoms with Crippen molar-refractivity contribution in [3.63, 3.8) is 0 Å². The van der Waals surface area contributed by atoms with Crippen LogP contribution < -0.4 is 10.2 Å². The van der Waals surface area contributed by atoms with Crippen LogP contribution in [-0.4, -0.2) is 43.8 Å². The molecule has 0 radical (unpaired) electrons. The quantitative estimate of drug-likeness (QED) is 0.806. The third-order valence-corrected chi connectivity index (χ3v) is 2.94. The van der Waals surface area contributed by atoms with Crippen molar-refractivity contribution in [1.29, 1.82) is 0 Å². The number of aromatic nitrogens is 2. The summed E-state index contributed by atoms with van der Waals surface area (Å²) in [7, 11) is 3.85. The van der Waals surface area contributed by atoms with Crippen LogP contribution in [0.5, 0.6) is 0 Å².